The standard InChI is InChI=1S/C16H23NO3/c1-4-19-15(18)13(17)10-11-5-6-14-12(9-11)7-8-16(2,3)20-14/h5-6,9,13H,4,7-8,10,17H2,1-3H3. The molecule has 2 rings (SSSR count). The molecule has 0 spiro atoms. The highest BCUT2D eigenvalue weighted by atomic mass is 16.5. The summed E-state index contributed by atoms with van der Waals surface area (Å²) in [7, 11) is 0. The van der Waals surface area contributed by atoms with Crippen molar-refractivity contribution in [2.24, 2.45) is 5.73 Å². The van der Waals surface area contributed by atoms with Gasteiger partial charge < -0.3 is 15.2 Å². The summed E-state index contributed by atoms with van der Waals surface area (Å²) in [5.74, 6) is 0.595. The van der Waals surface area contributed by atoms with Gasteiger partial charge >= 0.3 is 5.97 Å². The first-order valence-corrected chi connectivity index (χ1v) is 7.14. The number of esters is 1. The van der Waals surface area contributed by atoms with Crippen molar-refractivity contribution >= 4 is 5.97 Å². The van der Waals surface area contributed by atoms with Crippen molar-refractivity contribution in [1.82, 2.24) is 0 Å². The molecule has 1 heterocycles. The van der Waals surface area contributed by atoms with Crippen LogP contribution in [0.3, 0.4) is 0 Å². The maximum atomic E-state index is 11.5. The van der Waals surface area contributed by atoms with Gasteiger partial charge in [0.2, 0.25) is 0 Å². The van der Waals surface area contributed by atoms with Gasteiger partial charge in [-0.05, 0) is 57.2 Å². The minimum atomic E-state index is -0.603. The van der Waals surface area contributed by atoms with Crippen LogP contribution in [0.25, 0.3) is 0 Å². The molecule has 2 N–H and O–H groups in total. The lowest BCUT2D eigenvalue weighted by molar-refractivity contribution is -0.144. The monoisotopic (exact) mass is 277 g/mol. The van der Waals surface area contributed by atoms with Crippen LogP contribution in [0, 0.1) is 0 Å². The molecule has 1 atom stereocenters. The van der Waals surface area contributed by atoms with Crippen LogP contribution in [0.2, 0.25) is 0 Å². The molecule has 0 amide bonds. The second-order valence-corrected chi connectivity index (χ2v) is 5.87. The molecule has 20 heavy (non-hydrogen) atoms. The van der Waals surface area contributed by atoms with Crippen molar-refractivity contribution in [2.75, 3.05) is 6.61 Å². The summed E-state index contributed by atoms with van der Waals surface area (Å²) in [6, 6.07) is 5.43. The number of aryl methyl sites for hydroxylation is 1. The maximum absolute atomic E-state index is 11.5. The molecule has 4 nitrogen and oxygen atoms in total. The van der Waals surface area contributed by atoms with E-state index in [1.165, 1.54) is 5.56 Å². The number of hydrogen-bond donors (Lipinski definition) is 1. The molecule has 0 aromatic heterocycles. The zero-order valence-corrected chi connectivity index (χ0v) is 12.4. The molecule has 0 aliphatic carbocycles. The van der Waals surface area contributed by atoms with Crippen LogP contribution in [0.5, 0.6) is 5.75 Å². The molecule has 0 saturated heterocycles. The Hall–Kier alpha value is -1.55. The van der Waals surface area contributed by atoms with Crippen LogP contribution in [0.15, 0.2) is 18.2 Å². The zero-order valence-electron chi connectivity index (χ0n) is 12.4. The summed E-state index contributed by atoms with van der Waals surface area (Å²) in [4.78, 5) is 11.5. The Bertz CT molecular complexity index is 496. The summed E-state index contributed by atoms with van der Waals surface area (Å²) in [6.07, 6.45) is 2.48. The molecule has 0 bridgehead atoms. The number of hydrogen-bond acceptors (Lipinski definition) is 4. The Kier molecular flexibility index (Phi) is 4.33. The van der Waals surface area contributed by atoms with Gasteiger partial charge in [-0.25, -0.2) is 0 Å². The van der Waals surface area contributed by atoms with Gasteiger partial charge in [-0.15, -0.1) is 0 Å². The second-order valence-electron chi connectivity index (χ2n) is 5.87. The largest absolute Gasteiger partial charge is 0.488 e. The minimum absolute atomic E-state index is 0.101. The van der Waals surface area contributed by atoms with Gasteiger partial charge in [0.05, 0.1) is 6.61 Å². The average Bonchev–Trinajstić information content (AvgIpc) is 2.38. The quantitative estimate of drug-likeness (QED) is 0.857. The molecular formula is C16H23NO3. The summed E-state index contributed by atoms with van der Waals surface area (Å²) in [6.45, 7) is 6.34. The molecule has 1 aromatic carbocycles. The molecule has 4 heteroatoms. The Morgan fingerprint density at radius 2 is 2.25 bits per heavy atom. The van der Waals surface area contributed by atoms with Crippen LogP contribution in [0.4, 0.5) is 0 Å². The van der Waals surface area contributed by atoms with E-state index in [4.69, 9.17) is 15.2 Å². The lowest BCUT2D eigenvalue weighted by Crippen LogP contribution is -2.35. The predicted octanol–water partition coefficient (Wildman–Crippen LogP) is 2.22. The zero-order chi connectivity index (χ0) is 14.8. The summed E-state index contributed by atoms with van der Waals surface area (Å²) in [5.41, 5.74) is 7.99. The smallest absolute Gasteiger partial charge is 0.323 e. The number of benzene rings is 1. The SMILES string of the molecule is CCOC(=O)C(N)Cc1ccc2c(c1)CCC(C)(C)O2. The van der Waals surface area contributed by atoms with Crippen molar-refractivity contribution in [3.63, 3.8) is 0 Å². The van der Waals surface area contributed by atoms with Crippen LogP contribution in [-0.4, -0.2) is 24.2 Å². The first kappa shape index (κ1) is 14.9. The normalized spacial score (nSPS) is 17.8. The topological polar surface area (TPSA) is 61.5 Å². The van der Waals surface area contributed by atoms with Gasteiger partial charge in [0, 0.05) is 0 Å². The van der Waals surface area contributed by atoms with Crippen molar-refractivity contribution in [2.45, 2.75) is 51.7 Å². The fraction of sp³-hybridized carbons (Fsp3) is 0.562. The number of carbonyl (C=O) groups is 1. The van der Waals surface area contributed by atoms with Crippen LogP contribution < -0.4 is 10.5 Å². The van der Waals surface area contributed by atoms with E-state index in [-0.39, 0.29) is 11.6 Å². The van der Waals surface area contributed by atoms with Crippen LogP contribution in [-0.2, 0) is 22.4 Å². The highest BCUT2D eigenvalue weighted by Gasteiger charge is 2.26. The van der Waals surface area contributed by atoms with Gasteiger partial charge in [-0.1, -0.05) is 12.1 Å². The van der Waals surface area contributed by atoms with Gasteiger partial charge in [0.1, 0.15) is 17.4 Å². The molecule has 0 saturated carbocycles. The van der Waals surface area contributed by atoms with E-state index in [1.54, 1.807) is 6.92 Å². The predicted molar refractivity (Wildman–Crippen MR) is 77.8 cm³/mol. The Morgan fingerprint density at radius 1 is 1.50 bits per heavy atom. The average molecular weight is 277 g/mol. The molecule has 1 unspecified atom stereocenters. The van der Waals surface area contributed by atoms with E-state index >= 15 is 0 Å². The van der Waals surface area contributed by atoms with Crippen molar-refractivity contribution in [3.05, 3.63) is 29.3 Å². The number of carbonyl (C=O) groups excluding carboxylic acids is 1. The first-order valence-electron chi connectivity index (χ1n) is 7.14. The third kappa shape index (κ3) is 3.51. The van der Waals surface area contributed by atoms with E-state index < -0.39 is 6.04 Å². The van der Waals surface area contributed by atoms with Crippen molar-refractivity contribution in [3.8, 4) is 5.75 Å². The first-order chi connectivity index (χ1) is 9.41. The third-order valence-corrected chi connectivity index (χ3v) is 3.55. The molecule has 110 valence electrons. The van der Waals surface area contributed by atoms with Crippen LogP contribution >= 0.6 is 0 Å². The Labute approximate surface area is 120 Å². The molecular weight excluding hydrogens is 254 g/mol. The number of ether oxygens (including phenoxy) is 2. The van der Waals surface area contributed by atoms with E-state index in [1.807, 2.05) is 12.1 Å². The maximum Gasteiger partial charge on any atom is 0.323 e. The minimum Gasteiger partial charge on any atom is -0.488 e. The van der Waals surface area contributed by atoms with Gasteiger partial charge in [0.15, 0.2) is 0 Å². The van der Waals surface area contributed by atoms with E-state index in [9.17, 15) is 4.79 Å². The molecule has 1 aliphatic heterocycles. The highest BCUT2D eigenvalue weighted by Crippen LogP contribution is 2.33. The number of rotatable bonds is 4. The number of fused-ring (bicyclic) bond motifs is 1. The van der Waals surface area contributed by atoms with Crippen LogP contribution in [0.1, 0.15) is 38.3 Å². The van der Waals surface area contributed by atoms with E-state index in [0.29, 0.717) is 13.0 Å². The Balaban J connectivity index is 2.07. The molecule has 0 radical (unpaired) electrons. The fourth-order valence-corrected chi connectivity index (χ4v) is 2.43. The lowest BCUT2D eigenvalue weighted by atomic mass is 9.92. The number of nitrogens with two attached hydrogens (primary N) is 1. The van der Waals surface area contributed by atoms with Gasteiger partial charge in [-0.2, -0.15) is 0 Å². The third-order valence-electron chi connectivity index (χ3n) is 3.55. The fourth-order valence-electron chi connectivity index (χ4n) is 2.43. The van der Waals surface area contributed by atoms with Gasteiger partial charge in [0.25, 0.3) is 0 Å². The van der Waals surface area contributed by atoms with Crippen molar-refractivity contribution in [1.29, 1.82) is 0 Å². The highest BCUT2D eigenvalue weighted by molar-refractivity contribution is 5.75. The van der Waals surface area contributed by atoms with E-state index in [2.05, 4.69) is 19.9 Å². The second kappa shape index (κ2) is 5.83. The molecule has 0 fully saturated rings. The molecule has 1 aromatic rings. The Morgan fingerprint density at radius 3 is 2.95 bits per heavy atom. The van der Waals surface area contributed by atoms with Gasteiger partial charge in [-0.3, -0.25) is 4.79 Å². The summed E-state index contributed by atoms with van der Waals surface area (Å²) >= 11 is 0. The van der Waals surface area contributed by atoms with Crippen molar-refractivity contribution < 1.29 is 14.3 Å². The summed E-state index contributed by atoms with van der Waals surface area (Å²) in [5, 5.41) is 0. The lowest BCUT2D eigenvalue weighted by Gasteiger charge is -2.32. The summed E-state index contributed by atoms with van der Waals surface area (Å²) < 4.78 is 10.9. The molecule has 1 aliphatic rings. The van der Waals surface area contributed by atoms with E-state index in [0.717, 1.165) is 24.2 Å².